The Morgan fingerprint density at radius 2 is 1.48 bits per heavy atom. The fourth-order valence-electron chi connectivity index (χ4n) is 3.81. The van der Waals surface area contributed by atoms with Crippen LogP contribution < -0.4 is 19.7 Å². The van der Waals surface area contributed by atoms with Gasteiger partial charge in [-0.25, -0.2) is 0 Å². The maximum absolute atomic E-state index is 13.5. The molecule has 204 valence electrons. The first-order valence-electron chi connectivity index (χ1n) is 12.4. The molecule has 2 amide bonds. The summed E-state index contributed by atoms with van der Waals surface area (Å²) in [5, 5.41) is 6.84. The van der Waals surface area contributed by atoms with E-state index < -0.39 is 0 Å². The van der Waals surface area contributed by atoms with Crippen molar-refractivity contribution in [3.05, 3.63) is 118 Å². The predicted molar refractivity (Wildman–Crippen MR) is 159 cm³/mol. The van der Waals surface area contributed by atoms with Gasteiger partial charge >= 0.3 is 0 Å². The van der Waals surface area contributed by atoms with Gasteiger partial charge in [-0.2, -0.15) is 0 Å². The van der Waals surface area contributed by atoms with Crippen molar-refractivity contribution in [2.45, 2.75) is 6.54 Å². The molecule has 40 heavy (non-hydrogen) atoms. The first-order valence-corrected chi connectivity index (χ1v) is 13.1. The van der Waals surface area contributed by atoms with Gasteiger partial charge in [0.25, 0.3) is 11.8 Å². The van der Waals surface area contributed by atoms with Crippen molar-refractivity contribution in [2.24, 2.45) is 5.16 Å². The van der Waals surface area contributed by atoms with Crippen LogP contribution in [0.4, 0.5) is 11.4 Å². The summed E-state index contributed by atoms with van der Waals surface area (Å²) in [5.74, 6) is 0.693. The van der Waals surface area contributed by atoms with E-state index in [1.165, 1.54) is 11.1 Å². The third-order valence-electron chi connectivity index (χ3n) is 5.92. The molecule has 0 saturated heterocycles. The van der Waals surface area contributed by atoms with Gasteiger partial charge in [0.1, 0.15) is 11.5 Å². The highest BCUT2D eigenvalue weighted by atomic mass is 79.9. The lowest BCUT2D eigenvalue weighted by Gasteiger charge is -2.25. The van der Waals surface area contributed by atoms with E-state index in [2.05, 4.69) is 26.4 Å². The molecule has 0 bridgehead atoms. The number of carbonyl (C=O) groups is 2. The van der Waals surface area contributed by atoms with E-state index >= 15 is 0 Å². The Bertz CT molecular complexity index is 1460. The molecule has 0 unspecified atom stereocenters. The van der Waals surface area contributed by atoms with Crippen LogP contribution in [0.2, 0.25) is 0 Å². The maximum atomic E-state index is 13.5. The molecule has 0 fully saturated rings. The van der Waals surface area contributed by atoms with Gasteiger partial charge in [-0.1, -0.05) is 45.4 Å². The van der Waals surface area contributed by atoms with Gasteiger partial charge in [0, 0.05) is 10.2 Å². The van der Waals surface area contributed by atoms with E-state index in [1.54, 1.807) is 74.9 Å². The maximum Gasteiger partial charge on any atom is 0.268 e. The van der Waals surface area contributed by atoms with E-state index in [0.29, 0.717) is 22.7 Å². The Kier molecular flexibility index (Phi) is 9.90. The lowest BCUT2D eigenvalue weighted by atomic mass is 10.1. The summed E-state index contributed by atoms with van der Waals surface area (Å²) in [4.78, 5) is 33.7. The molecule has 0 atom stereocenters. The van der Waals surface area contributed by atoms with Gasteiger partial charge in [-0.05, 0) is 83.9 Å². The van der Waals surface area contributed by atoms with Crippen LogP contribution in [-0.4, -0.2) is 38.9 Å². The van der Waals surface area contributed by atoms with Gasteiger partial charge in [0.15, 0.2) is 6.61 Å². The zero-order valence-corrected chi connectivity index (χ0v) is 23.6. The first kappa shape index (κ1) is 28.4. The number of methoxy groups -OCH3 is 2. The van der Waals surface area contributed by atoms with Crippen LogP contribution in [0.25, 0.3) is 0 Å². The molecule has 1 N–H and O–H groups in total. The summed E-state index contributed by atoms with van der Waals surface area (Å²) in [6.07, 6.45) is 1.52. The second-order valence-corrected chi connectivity index (χ2v) is 9.50. The van der Waals surface area contributed by atoms with E-state index in [4.69, 9.17) is 14.3 Å². The molecule has 8 nitrogen and oxygen atoms in total. The van der Waals surface area contributed by atoms with Crippen molar-refractivity contribution < 1.29 is 23.9 Å². The van der Waals surface area contributed by atoms with E-state index in [9.17, 15) is 9.59 Å². The van der Waals surface area contributed by atoms with Crippen LogP contribution in [0.1, 0.15) is 21.5 Å². The SMILES string of the molecule is COc1ccc(C=NOCC(=O)N(Cc2ccc(Br)cc2)c2ccccc2C(=O)Nc2ccc(OC)cc2)cc1. The smallest absolute Gasteiger partial charge is 0.268 e. The number of nitrogens with one attached hydrogen (secondary N) is 1. The van der Waals surface area contributed by atoms with Gasteiger partial charge in [-0.15, -0.1) is 0 Å². The number of carbonyl (C=O) groups excluding carboxylic acids is 2. The summed E-state index contributed by atoms with van der Waals surface area (Å²) < 4.78 is 11.3. The number of amides is 2. The van der Waals surface area contributed by atoms with Gasteiger partial charge in [-0.3, -0.25) is 9.59 Å². The zero-order chi connectivity index (χ0) is 28.3. The molecular formula is C31H28BrN3O5. The molecule has 0 saturated carbocycles. The number of anilines is 2. The Balaban J connectivity index is 1.54. The topological polar surface area (TPSA) is 89.5 Å². The molecule has 4 aromatic carbocycles. The Morgan fingerprint density at radius 1 is 0.850 bits per heavy atom. The van der Waals surface area contributed by atoms with Gasteiger partial charge < -0.3 is 24.5 Å². The quantitative estimate of drug-likeness (QED) is 0.161. The lowest BCUT2D eigenvalue weighted by Crippen LogP contribution is -2.34. The summed E-state index contributed by atoms with van der Waals surface area (Å²) in [7, 11) is 3.17. The minimum Gasteiger partial charge on any atom is -0.497 e. The second kappa shape index (κ2) is 14.0. The minimum absolute atomic E-state index is 0.227. The van der Waals surface area contributed by atoms with Crippen LogP contribution in [0.5, 0.6) is 11.5 Å². The average Bonchev–Trinajstić information content (AvgIpc) is 2.99. The molecule has 0 spiro atoms. The number of nitrogens with zero attached hydrogens (tertiary/aromatic N) is 2. The van der Waals surface area contributed by atoms with Crippen LogP contribution >= 0.6 is 15.9 Å². The van der Waals surface area contributed by atoms with Crippen molar-refractivity contribution in [3.8, 4) is 11.5 Å². The Hall–Kier alpha value is -4.63. The monoisotopic (exact) mass is 601 g/mol. The predicted octanol–water partition coefficient (Wildman–Crippen LogP) is 6.30. The highest BCUT2D eigenvalue weighted by Crippen LogP contribution is 2.25. The molecular weight excluding hydrogens is 574 g/mol. The second-order valence-electron chi connectivity index (χ2n) is 8.59. The summed E-state index contributed by atoms with van der Waals surface area (Å²) in [5.41, 5.74) is 3.06. The van der Waals surface area contributed by atoms with E-state index in [0.717, 1.165) is 21.3 Å². The van der Waals surface area contributed by atoms with Crippen molar-refractivity contribution >= 4 is 45.3 Å². The molecule has 0 aliphatic rings. The van der Waals surface area contributed by atoms with Gasteiger partial charge in [0.2, 0.25) is 0 Å². The molecule has 4 aromatic rings. The van der Waals surface area contributed by atoms with Crippen LogP contribution in [0.15, 0.2) is 107 Å². The van der Waals surface area contributed by atoms with E-state index in [-0.39, 0.29) is 25.0 Å². The summed E-state index contributed by atoms with van der Waals surface area (Å²) in [6, 6.07) is 28.8. The Morgan fingerprint density at radius 3 is 2.12 bits per heavy atom. The highest BCUT2D eigenvalue weighted by Gasteiger charge is 2.23. The van der Waals surface area contributed by atoms with Crippen molar-refractivity contribution in [1.29, 1.82) is 0 Å². The minimum atomic E-state index is -0.362. The number of oxime groups is 1. The number of ether oxygens (including phenoxy) is 2. The fraction of sp³-hybridized carbons (Fsp3) is 0.129. The average molecular weight is 602 g/mol. The third kappa shape index (κ3) is 7.70. The molecule has 9 heteroatoms. The highest BCUT2D eigenvalue weighted by molar-refractivity contribution is 9.10. The lowest BCUT2D eigenvalue weighted by molar-refractivity contribution is -0.123. The molecule has 0 aliphatic carbocycles. The molecule has 0 aromatic heterocycles. The molecule has 0 heterocycles. The number of para-hydroxylation sites is 1. The summed E-state index contributed by atoms with van der Waals surface area (Å²) >= 11 is 3.44. The molecule has 0 aliphatic heterocycles. The van der Waals surface area contributed by atoms with Crippen LogP contribution in [0, 0.1) is 0 Å². The van der Waals surface area contributed by atoms with Crippen LogP contribution in [0.3, 0.4) is 0 Å². The van der Waals surface area contributed by atoms with Gasteiger partial charge in [0.05, 0.1) is 38.2 Å². The molecule has 4 rings (SSSR count). The number of hydrogen-bond acceptors (Lipinski definition) is 6. The third-order valence-corrected chi connectivity index (χ3v) is 6.45. The van der Waals surface area contributed by atoms with Crippen molar-refractivity contribution in [1.82, 2.24) is 0 Å². The Labute approximate surface area is 241 Å². The van der Waals surface area contributed by atoms with Crippen molar-refractivity contribution in [3.63, 3.8) is 0 Å². The number of halogens is 1. The number of hydrogen-bond donors (Lipinski definition) is 1. The first-order chi connectivity index (χ1) is 19.5. The van der Waals surface area contributed by atoms with E-state index in [1.807, 2.05) is 36.4 Å². The molecule has 0 radical (unpaired) electrons. The van der Waals surface area contributed by atoms with Crippen molar-refractivity contribution in [2.75, 3.05) is 31.0 Å². The number of rotatable bonds is 11. The van der Waals surface area contributed by atoms with Crippen LogP contribution in [-0.2, 0) is 16.2 Å². The fourth-order valence-corrected chi connectivity index (χ4v) is 4.08. The largest absolute Gasteiger partial charge is 0.497 e. The number of benzene rings is 4. The summed E-state index contributed by atoms with van der Waals surface area (Å²) in [6.45, 7) is -0.0951. The zero-order valence-electron chi connectivity index (χ0n) is 22.0. The normalized spacial score (nSPS) is 10.7. The standard InChI is InChI=1S/C31H28BrN3O5/c1-38-26-15-9-22(10-16-26)19-33-40-21-30(36)35(20-23-7-11-24(32)12-8-23)29-6-4-3-5-28(29)31(37)34-25-13-17-27(39-2)18-14-25/h3-19H,20-21H2,1-2H3,(H,34,37).